The van der Waals surface area contributed by atoms with Gasteiger partial charge in [-0.15, -0.1) is 5.10 Å². The molecule has 0 aliphatic rings. The van der Waals surface area contributed by atoms with Crippen molar-refractivity contribution >= 4 is 17.9 Å². The number of nitrogens with zero attached hydrogens (tertiary/aromatic N) is 3. The van der Waals surface area contributed by atoms with Crippen LogP contribution in [-0.4, -0.2) is 21.1 Å². The highest BCUT2D eigenvalue weighted by molar-refractivity contribution is 6.30. The van der Waals surface area contributed by atoms with Crippen LogP contribution in [0.15, 0.2) is 30.6 Å². The summed E-state index contributed by atoms with van der Waals surface area (Å²) in [5.41, 5.74) is 0.815. The number of carbonyl (C=O) groups excluding carboxylic acids is 1. The van der Waals surface area contributed by atoms with Crippen molar-refractivity contribution in [3.05, 3.63) is 41.4 Å². The van der Waals surface area contributed by atoms with E-state index in [0.717, 1.165) is 5.69 Å². The van der Waals surface area contributed by atoms with Crippen LogP contribution in [0, 0.1) is 0 Å². The van der Waals surface area contributed by atoms with Crippen molar-refractivity contribution in [2.24, 2.45) is 0 Å². The summed E-state index contributed by atoms with van der Waals surface area (Å²) in [6.07, 6.45) is 2.08. The molecule has 0 amide bonds. The van der Waals surface area contributed by atoms with Gasteiger partial charge in [-0.3, -0.25) is 4.79 Å². The Morgan fingerprint density at radius 2 is 2.00 bits per heavy atom. The van der Waals surface area contributed by atoms with Crippen molar-refractivity contribution < 1.29 is 4.79 Å². The van der Waals surface area contributed by atoms with Crippen molar-refractivity contribution in [3.8, 4) is 5.69 Å². The van der Waals surface area contributed by atoms with Gasteiger partial charge in [0.1, 0.15) is 6.33 Å². The van der Waals surface area contributed by atoms with Crippen LogP contribution in [0.5, 0.6) is 0 Å². The number of halogens is 1. The second kappa shape index (κ2) is 3.59. The quantitative estimate of drug-likeness (QED) is 0.705. The number of aromatic nitrogens is 3. The summed E-state index contributed by atoms with van der Waals surface area (Å²) in [6, 6.07) is 7.09. The molecule has 14 heavy (non-hydrogen) atoms. The van der Waals surface area contributed by atoms with E-state index >= 15 is 0 Å². The van der Waals surface area contributed by atoms with Crippen LogP contribution >= 0.6 is 11.6 Å². The number of rotatable bonds is 2. The highest BCUT2D eigenvalue weighted by Gasteiger charge is 2.00. The molecule has 2 rings (SSSR count). The Morgan fingerprint density at radius 3 is 2.57 bits per heavy atom. The van der Waals surface area contributed by atoms with Crippen LogP contribution < -0.4 is 0 Å². The molecule has 0 spiro atoms. The Morgan fingerprint density at radius 1 is 1.29 bits per heavy atom. The van der Waals surface area contributed by atoms with E-state index in [1.165, 1.54) is 11.0 Å². The first-order valence-electron chi connectivity index (χ1n) is 3.92. The van der Waals surface area contributed by atoms with E-state index in [0.29, 0.717) is 11.3 Å². The molecule has 0 radical (unpaired) electrons. The Hall–Kier alpha value is -1.68. The van der Waals surface area contributed by atoms with Gasteiger partial charge in [-0.2, -0.15) is 0 Å². The van der Waals surface area contributed by atoms with Crippen molar-refractivity contribution in [3.63, 3.8) is 0 Å². The Labute approximate surface area is 85.1 Å². The molecule has 1 aromatic carbocycles. The molecule has 2 aromatic rings. The fourth-order valence-electron chi connectivity index (χ4n) is 1.05. The summed E-state index contributed by atoms with van der Waals surface area (Å²) in [5, 5.41) is 4.58. The van der Waals surface area contributed by atoms with Crippen LogP contribution in [0.25, 0.3) is 5.69 Å². The lowest BCUT2D eigenvalue weighted by Crippen LogP contribution is -1.94. The molecule has 0 saturated heterocycles. The van der Waals surface area contributed by atoms with Gasteiger partial charge in [0.15, 0.2) is 6.29 Å². The van der Waals surface area contributed by atoms with Gasteiger partial charge in [0.05, 0.1) is 5.69 Å². The molecule has 70 valence electrons. The molecule has 1 aromatic heterocycles. The zero-order valence-electron chi connectivity index (χ0n) is 7.09. The fourth-order valence-corrected chi connectivity index (χ4v) is 1.17. The largest absolute Gasteiger partial charge is 0.294 e. The average Bonchev–Trinajstić information content (AvgIpc) is 2.67. The summed E-state index contributed by atoms with van der Waals surface area (Å²) in [6.45, 7) is 0. The summed E-state index contributed by atoms with van der Waals surface area (Å²) >= 11 is 5.73. The van der Waals surface area contributed by atoms with E-state index in [1.54, 1.807) is 24.3 Å². The minimum absolute atomic E-state index is 0.167. The van der Waals surface area contributed by atoms with Gasteiger partial charge in [0.2, 0.25) is 5.82 Å². The Balaban J connectivity index is 2.39. The topological polar surface area (TPSA) is 47.8 Å². The van der Waals surface area contributed by atoms with Gasteiger partial charge in [-0.1, -0.05) is 11.6 Å². The standard InChI is InChI=1S/C9H6ClN3O/c10-7-1-3-8(4-2-7)13-6-11-9(5-14)12-13/h1-6H. The monoisotopic (exact) mass is 207 g/mol. The number of carbonyl (C=O) groups is 1. The fraction of sp³-hybridized carbons (Fsp3) is 0. The third kappa shape index (κ3) is 1.65. The molecule has 0 fully saturated rings. The Bertz CT molecular complexity index is 449. The zero-order chi connectivity index (χ0) is 9.97. The average molecular weight is 208 g/mol. The lowest BCUT2D eigenvalue weighted by atomic mass is 10.3. The first-order valence-corrected chi connectivity index (χ1v) is 4.30. The molecule has 5 heteroatoms. The number of hydrogen-bond donors (Lipinski definition) is 0. The van der Waals surface area contributed by atoms with Gasteiger partial charge < -0.3 is 0 Å². The summed E-state index contributed by atoms with van der Waals surface area (Å²) in [5.74, 6) is 0.167. The summed E-state index contributed by atoms with van der Waals surface area (Å²) in [4.78, 5) is 14.1. The van der Waals surface area contributed by atoms with Gasteiger partial charge in [-0.25, -0.2) is 9.67 Å². The minimum atomic E-state index is 0.167. The van der Waals surface area contributed by atoms with Crippen molar-refractivity contribution in [2.45, 2.75) is 0 Å². The molecule has 0 saturated carbocycles. The van der Waals surface area contributed by atoms with Crippen molar-refractivity contribution in [1.29, 1.82) is 0 Å². The summed E-state index contributed by atoms with van der Waals surface area (Å²) in [7, 11) is 0. The second-order valence-electron chi connectivity index (χ2n) is 2.64. The second-order valence-corrected chi connectivity index (χ2v) is 3.08. The van der Waals surface area contributed by atoms with Crippen LogP contribution in [-0.2, 0) is 0 Å². The zero-order valence-corrected chi connectivity index (χ0v) is 7.85. The first kappa shape index (κ1) is 8.90. The summed E-state index contributed by atoms with van der Waals surface area (Å²) < 4.78 is 1.51. The van der Waals surface area contributed by atoms with Gasteiger partial charge >= 0.3 is 0 Å². The lowest BCUT2D eigenvalue weighted by Gasteiger charge is -1.98. The Kier molecular flexibility index (Phi) is 2.28. The maximum Gasteiger partial charge on any atom is 0.214 e. The molecule has 0 aliphatic heterocycles. The third-order valence-corrected chi connectivity index (χ3v) is 1.96. The van der Waals surface area contributed by atoms with E-state index in [1.807, 2.05) is 0 Å². The van der Waals surface area contributed by atoms with Crippen LogP contribution in [0.4, 0.5) is 0 Å². The molecule has 0 unspecified atom stereocenters. The number of benzene rings is 1. The number of hydrogen-bond acceptors (Lipinski definition) is 3. The molecular weight excluding hydrogens is 202 g/mol. The highest BCUT2D eigenvalue weighted by atomic mass is 35.5. The smallest absolute Gasteiger partial charge is 0.214 e. The minimum Gasteiger partial charge on any atom is -0.294 e. The third-order valence-electron chi connectivity index (χ3n) is 1.71. The van der Waals surface area contributed by atoms with Gasteiger partial charge in [-0.05, 0) is 24.3 Å². The maximum atomic E-state index is 10.3. The predicted octanol–water partition coefficient (Wildman–Crippen LogP) is 1.73. The van der Waals surface area contributed by atoms with E-state index in [-0.39, 0.29) is 5.82 Å². The molecule has 0 bridgehead atoms. The first-order chi connectivity index (χ1) is 6.79. The molecular formula is C9H6ClN3O. The van der Waals surface area contributed by atoms with E-state index in [4.69, 9.17) is 11.6 Å². The maximum absolute atomic E-state index is 10.3. The molecule has 1 heterocycles. The normalized spacial score (nSPS) is 10.1. The van der Waals surface area contributed by atoms with Crippen molar-refractivity contribution in [1.82, 2.24) is 14.8 Å². The molecule has 0 atom stereocenters. The SMILES string of the molecule is O=Cc1ncn(-c2ccc(Cl)cc2)n1. The van der Waals surface area contributed by atoms with E-state index < -0.39 is 0 Å². The molecule has 0 N–H and O–H groups in total. The molecule has 0 aliphatic carbocycles. The predicted molar refractivity (Wildman–Crippen MR) is 51.8 cm³/mol. The number of aldehydes is 1. The van der Waals surface area contributed by atoms with E-state index in [9.17, 15) is 4.79 Å². The van der Waals surface area contributed by atoms with Crippen LogP contribution in [0.2, 0.25) is 5.02 Å². The molecule has 4 nitrogen and oxygen atoms in total. The van der Waals surface area contributed by atoms with Gasteiger partial charge in [0.25, 0.3) is 0 Å². The lowest BCUT2D eigenvalue weighted by molar-refractivity contribution is 0.111. The van der Waals surface area contributed by atoms with E-state index in [2.05, 4.69) is 10.1 Å². The van der Waals surface area contributed by atoms with Crippen LogP contribution in [0.3, 0.4) is 0 Å². The van der Waals surface area contributed by atoms with Crippen LogP contribution in [0.1, 0.15) is 10.6 Å². The van der Waals surface area contributed by atoms with Crippen molar-refractivity contribution in [2.75, 3.05) is 0 Å². The van der Waals surface area contributed by atoms with Gasteiger partial charge in [0, 0.05) is 5.02 Å². The highest BCUT2D eigenvalue weighted by Crippen LogP contribution is 2.11.